The summed E-state index contributed by atoms with van der Waals surface area (Å²) in [6, 6.07) is 10.2. The van der Waals surface area contributed by atoms with E-state index in [-0.39, 0.29) is 18.6 Å². The number of quaternary nitrogens is 1. The lowest BCUT2D eigenvalue weighted by Crippen LogP contribution is -3.06. The van der Waals surface area contributed by atoms with Crippen LogP contribution < -0.4 is 15.0 Å². The maximum Gasteiger partial charge on any atom is 0.258 e. The number of nitrogens with one attached hydrogen (secondary N) is 2. The number of rotatable bonds is 7. The summed E-state index contributed by atoms with van der Waals surface area (Å²) in [7, 11) is 4.21. The number of benzene rings is 1. The van der Waals surface area contributed by atoms with Crippen LogP contribution in [-0.2, 0) is 17.6 Å². The van der Waals surface area contributed by atoms with Gasteiger partial charge in [-0.3, -0.25) is 4.79 Å². The monoisotopic (exact) mass is 399 g/mol. The molecule has 2 aromatic heterocycles. The molecule has 2 heterocycles. The van der Waals surface area contributed by atoms with Crippen molar-refractivity contribution in [3.8, 4) is 5.75 Å². The first-order chi connectivity index (χ1) is 13.6. The van der Waals surface area contributed by atoms with Crippen LogP contribution in [0.15, 0.2) is 40.1 Å². The predicted octanol–water partition coefficient (Wildman–Crippen LogP) is 2.75. The van der Waals surface area contributed by atoms with Crippen LogP contribution >= 0.6 is 11.3 Å². The highest BCUT2D eigenvalue weighted by atomic mass is 32.1. The van der Waals surface area contributed by atoms with Gasteiger partial charge in [0.2, 0.25) is 0 Å². The number of ether oxygens (including phenoxy) is 1. The molecule has 0 spiro atoms. The number of aryl methyl sites for hydroxylation is 2. The lowest BCUT2D eigenvalue weighted by Gasteiger charge is -2.20. The van der Waals surface area contributed by atoms with Crippen LogP contribution in [0.25, 0.3) is 11.0 Å². The van der Waals surface area contributed by atoms with E-state index in [9.17, 15) is 4.79 Å². The molecular weight excluding hydrogens is 372 g/mol. The van der Waals surface area contributed by atoms with E-state index in [1.54, 1.807) is 11.3 Å². The summed E-state index contributed by atoms with van der Waals surface area (Å²) in [5.41, 5.74) is 2.22. The van der Waals surface area contributed by atoms with E-state index in [0.29, 0.717) is 12.3 Å². The van der Waals surface area contributed by atoms with Crippen LogP contribution in [0.5, 0.6) is 5.75 Å². The van der Waals surface area contributed by atoms with Gasteiger partial charge in [-0.2, -0.15) is 0 Å². The number of amides is 1. The maximum absolute atomic E-state index is 12.3. The van der Waals surface area contributed by atoms with E-state index in [1.807, 2.05) is 24.3 Å². The fourth-order valence-electron chi connectivity index (χ4n) is 3.83. The first-order valence-corrected chi connectivity index (χ1v) is 10.8. The number of hydrogen-bond donors (Lipinski definition) is 2. The van der Waals surface area contributed by atoms with Crippen LogP contribution in [0.1, 0.15) is 35.1 Å². The van der Waals surface area contributed by atoms with Gasteiger partial charge in [0.25, 0.3) is 5.91 Å². The molecule has 5 nitrogen and oxygen atoms in total. The summed E-state index contributed by atoms with van der Waals surface area (Å²) >= 11 is 1.72. The molecular formula is C22H27N2O3S+. The zero-order chi connectivity index (χ0) is 19.5. The topological polar surface area (TPSA) is 55.9 Å². The number of furan rings is 1. The molecule has 4 rings (SSSR count). The van der Waals surface area contributed by atoms with Crippen molar-refractivity contribution in [2.75, 3.05) is 27.2 Å². The summed E-state index contributed by atoms with van der Waals surface area (Å²) in [5.74, 6) is 1.73. The quantitative estimate of drug-likeness (QED) is 0.642. The van der Waals surface area contributed by atoms with Crippen molar-refractivity contribution < 1.29 is 18.8 Å². The molecule has 1 atom stereocenters. The Labute approximate surface area is 169 Å². The minimum Gasteiger partial charge on any atom is -0.484 e. The molecule has 3 aromatic rings. The molecule has 28 heavy (non-hydrogen) atoms. The Balaban J connectivity index is 1.35. The second kappa shape index (κ2) is 8.37. The molecule has 0 aliphatic heterocycles. The normalized spacial score (nSPS) is 14.8. The Morgan fingerprint density at radius 3 is 2.93 bits per heavy atom. The van der Waals surface area contributed by atoms with Crippen LogP contribution in [-0.4, -0.2) is 33.2 Å². The van der Waals surface area contributed by atoms with Crippen molar-refractivity contribution in [2.24, 2.45) is 0 Å². The molecule has 0 fully saturated rings. The van der Waals surface area contributed by atoms with Gasteiger partial charge in [-0.05, 0) is 48.9 Å². The minimum absolute atomic E-state index is 0.0193. The average Bonchev–Trinajstić information content (AvgIpc) is 3.34. The average molecular weight is 400 g/mol. The summed E-state index contributed by atoms with van der Waals surface area (Å²) in [4.78, 5) is 14.9. The molecule has 0 unspecified atom stereocenters. The fraction of sp³-hybridized carbons (Fsp3) is 0.409. The highest BCUT2D eigenvalue weighted by molar-refractivity contribution is 7.10. The molecule has 1 aromatic carbocycles. The number of carbonyl (C=O) groups is 1. The Kier molecular flexibility index (Phi) is 5.69. The summed E-state index contributed by atoms with van der Waals surface area (Å²) in [5, 5.41) is 6.20. The van der Waals surface area contributed by atoms with Crippen LogP contribution in [0, 0.1) is 0 Å². The van der Waals surface area contributed by atoms with Crippen LogP contribution in [0.4, 0.5) is 0 Å². The number of thiophene rings is 1. The van der Waals surface area contributed by atoms with Crippen LogP contribution in [0.2, 0.25) is 0 Å². The largest absolute Gasteiger partial charge is 0.484 e. The van der Waals surface area contributed by atoms with Gasteiger partial charge in [-0.1, -0.05) is 6.07 Å². The zero-order valence-corrected chi connectivity index (χ0v) is 17.2. The van der Waals surface area contributed by atoms with Gasteiger partial charge in [0, 0.05) is 17.4 Å². The molecule has 0 saturated heterocycles. The summed E-state index contributed by atoms with van der Waals surface area (Å²) in [6.45, 7) is 0.616. The Bertz CT molecular complexity index is 946. The third-order valence-corrected chi connectivity index (χ3v) is 6.37. The van der Waals surface area contributed by atoms with Crippen molar-refractivity contribution in [3.05, 3.63) is 51.9 Å². The summed E-state index contributed by atoms with van der Waals surface area (Å²) < 4.78 is 11.7. The lowest BCUT2D eigenvalue weighted by molar-refractivity contribution is -0.890. The molecule has 1 aliphatic carbocycles. The van der Waals surface area contributed by atoms with Crippen molar-refractivity contribution in [1.82, 2.24) is 5.32 Å². The van der Waals surface area contributed by atoms with Crippen molar-refractivity contribution >= 4 is 28.2 Å². The molecule has 2 N–H and O–H groups in total. The van der Waals surface area contributed by atoms with Crippen LogP contribution in [0.3, 0.4) is 0 Å². The second-order valence-corrected chi connectivity index (χ2v) is 8.59. The second-order valence-electron chi connectivity index (χ2n) is 7.61. The molecule has 0 saturated carbocycles. The first-order valence-electron chi connectivity index (χ1n) is 9.89. The third kappa shape index (κ3) is 4.08. The Morgan fingerprint density at radius 2 is 2.14 bits per heavy atom. The zero-order valence-electron chi connectivity index (χ0n) is 16.4. The molecule has 1 aliphatic rings. The van der Waals surface area contributed by atoms with E-state index >= 15 is 0 Å². The van der Waals surface area contributed by atoms with Crippen molar-refractivity contribution in [2.45, 2.75) is 31.7 Å². The first kappa shape index (κ1) is 19.0. The number of hydrogen-bond acceptors (Lipinski definition) is 4. The molecule has 148 valence electrons. The van der Waals surface area contributed by atoms with E-state index in [2.05, 4.69) is 30.9 Å². The lowest BCUT2D eigenvalue weighted by atomic mass is 9.96. The van der Waals surface area contributed by atoms with E-state index in [0.717, 1.165) is 29.6 Å². The van der Waals surface area contributed by atoms with E-state index < -0.39 is 0 Å². The Hall–Kier alpha value is -2.31. The molecule has 1 amide bonds. The molecule has 6 heteroatoms. The van der Waals surface area contributed by atoms with Gasteiger partial charge in [0.1, 0.15) is 23.1 Å². The smallest absolute Gasteiger partial charge is 0.258 e. The highest BCUT2D eigenvalue weighted by Gasteiger charge is 2.20. The van der Waals surface area contributed by atoms with Gasteiger partial charge in [0.15, 0.2) is 6.61 Å². The third-order valence-electron chi connectivity index (χ3n) is 5.38. The van der Waals surface area contributed by atoms with Crippen molar-refractivity contribution in [1.29, 1.82) is 0 Å². The fourth-order valence-corrected chi connectivity index (χ4v) is 4.78. The van der Waals surface area contributed by atoms with E-state index in [4.69, 9.17) is 9.15 Å². The minimum atomic E-state index is -0.0999. The van der Waals surface area contributed by atoms with Gasteiger partial charge >= 0.3 is 0 Å². The van der Waals surface area contributed by atoms with E-state index in [1.165, 1.54) is 28.2 Å². The number of fused-ring (bicyclic) bond motifs is 3. The van der Waals surface area contributed by atoms with Gasteiger partial charge in [-0.15, -0.1) is 11.3 Å². The number of likely N-dealkylation sites (N-methyl/N-ethyl adjacent to an activating group) is 1. The molecule has 0 radical (unpaired) electrons. The predicted molar refractivity (Wildman–Crippen MR) is 111 cm³/mol. The van der Waals surface area contributed by atoms with Gasteiger partial charge < -0.3 is 19.4 Å². The van der Waals surface area contributed by atoms with Crippen molar-refractivity contribution in [3.63, 3.8) is 0 Å². The summed E-state index contributed by atoms with van der Waals surface area (Å²) in [6.07, 6.45) is 4.47. The van der Waals surface area contributed by atoms with Gasteiger partial charge in [0.05, 0.1) is 25.5 Å². The Morgan fingerprint density at radius 1 is 1.29 bits per heavy atom. The standard InChI is InChI=1S/C22H26N2O3S/c1-24(2)18(21-8-5-11-28-21)13-23-22(25)14-26-15-9-10-20-17(12-15)16-6-3-4-7-19(16)27-20/h5,8-12,18H,3-4,6-7,13-14H2,1-2H3,(H,23,25)/p+1/t18-/m0/s1. The van der Waals surface area contributed by atoms with Gasteiger partial charge in [-0.25, -0.2) is 0 Å². The maximum atomic E-state index is 12.3. The molecule has 0 bridgehead atoms. The number of carbonyl (C=O) groups excluding carboxylic acids is 1. The SMILES string of the molecule is C[NH+](C)[C@@H](CNC(=O)COc1ccc2oc3c(c2c1)CCCC3)c1cccs1. The highest BCUT2D eigenvalue weighted by Crippen LogP contribution is 2.33.